The van der Waals surface area contributed by atoms with Crippen molar-refractivity contribution in [3.63, 3.8) is 0 Å². The molecule has 0 aliphatic carbocycles. The molecule has 53 heavy (non-hydrogen) atoms. The minimum Gasteiger partial charge on any atom is -0.310 e. The van der Waals surface area contributed by atoms with Crippen LogP contribution in [0, 0.1) is 0 Å². The molecule has 0 aliphatic heterocycles. The van der Waals surface area contributed by atoms with Crippen LogP contribution in [0.5, 0.6) is 0 Å². The molecule has 0 heterocycles. The van der Waals surface area contributed by atoms with E-state index < -0.39 is 0 Å². The van der Waals surface area contributed by atoms with Gasteiger partial charge in [0.15, 0.2) is 0 Å². The van der Waals surface area contributed by atoms with Gasteiger partial charge in [0.25, 0.3) is 0 Å². The van der Waals surface area contributed by atoms with Crippen molar-refractivity contribution >= 4 is 60.2 Å². The summed E-state index contributed by atoms with van der Waals surface area (Å²) in [6, 6.07) is 77.3. The van der Waals surface area contributed by atoms with Crippen molar-refractivity contribution < 1.29 is 0 Å². The van der Waals surface area contributed by atoms with Crippen LogP contribution in [-0.4, -0.2) is 0 Å². The lowest BCUT2D eigenvalue weighted by Crippen LogP contribution is -2.10. The number of nitrogens with zero attached hydrogens (tertiary/aromatic N) is 1. The van der Waals surface area contributed by atoms with Crippen molar-refractivity contribution in [1.29, 1.82) is 0 Å². The maximum Gasteiger partial charge on any atom is 0.0468 e. The lowest BCUT2D eigenvalue weighted by molar-refractivity contribution is 1.29. The number of rotatable bonds is 6. The molecule has 0 aromatic heterocycles. The molecule has 1 heteroatoms. The van der Waals surface area contributed by atoms with Crippen molar-refractivity contribution in [2.24, 2.45) is 0 Å². The summed E-state index contributed by atoms with van der Waals surface area (Å²) in [5.74, 6) is 0. The van der Waals surface area contributed by atoms with E-state index in [1.165, 1.54) is 76.5 Å². The fourth-order valence-electron chi connectivity index (χ4n) is 7.91. The molecule has 0 bridgehead atoms. The summed E-state index contributed by atoms with van der Waals surface area (Å²) in [6.45, 7) is 0. The fraction of sp³-hybridized carbons (Fsp3) is 0. The first-order valence-electron chi connectivity index (χ1n) is 18.2. The number of hydrogen-bond acceptors (Lipinski definition) is 1. The second kappa shape index (κ2) is 13.0. The number of hydrogen-bond donors (Lipinski definition) is 0. The molecule has 10 aromatic rings. The van der Waals surface area contributed by atoms with Crippen LogP contribution in [0.1, 0.15) is 0 Å². The van der Waals surface area contributed by atoms with Crippen LogP contribution in [0.3, 0.4) is 0 Å². The average molecular weight is 674 g/mol. The van der Waals surface area contributed by atoms with Gasteiger partial charge >= 0.3 is 0 Å². The van der Waals surface area contributed by atoms with Crippen molar-refractivity contribution in [2.45, 2.75) is 0 Å². The van der Waals surface area contributed by atoms with E-state index in [0.717, 1.165) is 17.1 Å². The molecule has 10 rings (SSSR count). The quantitative estimate of drug-likeness (QED) is 0.159. The molecule has 0 spiro atoms. The zero-order chi connectivity index (χ0) is 35.1. The van der Waals surface area contributed by atoms with E-state index in [1.807, 2.05) is 0 Å². The summed E-state index contributed by atoms with van der Waals surface area (Å²) < 4.78 is 0. The molecule has 0 aliphatic rings. The Balaban J connectivity index is 1.11. The van der Waals surface area contributed by atoms with Gasteiger partial charge in [-0.3, -0.25) is 0 Å². The predicted octanol–water partition coefficient (Wildman–Crippen LogP) is 14.8. The molecule has 0 saturated carbocycles. The Kier molecular flexibility index (Phi) is 7.55. The molecule has 0 fully saturated rings. The van der Waals surface area contributed by atoms with Gasteiger partial charge in [-0.2, -0.15) is 0 Å². The van der Waals surface area contributed by atoms with Crippen LogP contribution < -0.4 is 4.90 Å². The standard InChI is InChI=1S/C52H35N/c1-2-11-36(12-3-1)40-23-24-43-33-48(30-27-42(43)32-40)53(46-28-25-38(26-29-46)41-22-21-37-13-4-5-14-39(37)31-41)47-17-10-16-44(34-47)52-35-45-15-6-7-18-49(45)50-19-8-9-20-51(50)52/h1-35H. The van der Waals surface area contributed by atoms with E-state index in [0.29, 0.717) is 0 Å². The topological polar surface area (TPSA) is 3.24 Å². The molecule has 0 unspecified atom stereocenters. The summed E-state index contributed by atoms with van der Waals surface area (Å²) in [7, 11) is 0. The smallest absolute Gasteiger partial charge is 0.0468 e. The van der Waals surface area contributed by atoms with Gasteiger partial charge in [0, 0.05) is 17.1 Å². The van der Waals surface area contributed by atoms with Gasteiger partial charge in [0.2, 0.25) is 0 Å². The Morgan fingerprint density at radius 1 is 0.226 bits per heavy atom. The highest BCUT2D eigenvalue weighted by Gasteiger charge is 2.16. The van der Waals surface area contributed by atoms with E-state index in [1.54, 1.807) is 0 Å². The van der Waals surface area contributed by atoms with Crippen LogP contribution >= 0.6 is 0 Å². The third-order valence-corrected chi connectivity index (χ3v) is 10.6. The molecule has 1 nitrogen and oxygen atoms in total. The molecule has 0 radical (unpaired) electrons. The van der Waals surface area contributed by atoms with Crippen molar-refractivity contribution in [1.82, 2.24) is 0 Å². The van der Waals surface area contributed by atoms with Crippen molar-refractivity contribution in [3.8, 4) is 33.4 Å². The molecule has 248 valence electrons. The summed E-state index contributed by atoms with van der Waals surface area (Å²) in [6.07, 6.45) is 0. The highest BCUT2D eigenvalue weighted by Crippen LogP contribution is 2.41. The second-order valence-corrected chi connectivity index (χ2v) is 13.8. The molecule has 0 saturated heterocycles. The highest BCUT2D eigenvalue weighted by atomic mass is 15.1. The summed E-state index contributed by atoms with van der Waals surface area (Å²) in [4.78, 5) is 2.39. The predicted molar refractivity (Wildman–Crippen MR) is 227 cm³/mol. The maximum atomic E-state index is 2.39. The van der Waals surface area contributed by atoms with E-state index >= 15 is 0 Å². The number of benzene rings is 10. The Morgan fingerprint density at radius 2 is 0.736 bits per heavy atom. The minimum absolute atomic E-state index is 1.11. The monoisotopic (exact) mass is 673 g/mol. The third kappa shape index (κ3) is 5.69. The van der Waals surface area contributed by atoms with Gasteiger partial charge in [-0.25, -0.2) is 0 Å². The summed E-state index contributed by atoms with van der Waals surface area (Å²) in [5.41, 5.74) is 10.6. The van der Waals surface area contributed by atoms with Gasteiger partial charge in [0.05, 0.1) is 0 Å². The van der Waals surface area contributed by atoms with E-state index in [2.05, 4.69) is 217 Å². The Bertz CT molecular complexity index is 2940. The molecule has 10 aromatic carbocycles. The van der Waals surface area contributed by atoms with Gasteiger partial charge in [-0.05, 0) is 131 Å². The third-order valence-electron chi connectivity index (χ3n) is 10.6. The van der Waals surface area contributed by atoms with Crippen LogP contribution in [0.25, 0.3) is 76.5 Å². The summed E-state index contributed by atoms with van der Waals surface area (Å²) >= 11 is 0. The zero-order valence-corrected chi connectivity index (χ0v) is 29.2. The Hall–Kier alpha value is -6.96. The minimum atomic E-state index is 1.11. The summed E-state index contributed by atoms with van der Waals surface area (Å²) in [5, 5.41) is 9.99. The van der Waals surface area contributed by atoms with Gasteiger partial charge < -0.3 is 4.90 Å². The first-order valence-corrected chi connectivity index (χ1v) is 18.2. The van der Waals surface area contributed by atoms with Crippen LogP contribution in [-0.2, 0) is 0 Å². The maximum absolute atomic E-state index is 2.39. The molecular weight excluding hydrogens is 639 g/mol. The first kappa shape index (κ1) is 30.8. The Labute approximate surface area is 309 Å². The SMILES string of the molecule is c1ccc(-c2ccc3cc(N(c4ccc(-c5ccc6ccccc6c5)cc4)c4cccc(-c5cc6ccccc6c6ccccc56)c4)ccc3c2)cc1. The van der Waals surface area contributed by atoms with Gasteiger partial charge in [-0.15, -0.1) is 0 Å². The Morgan fingerprint density at radius 3 is 1.53 bits per heavy atom. The number of fused-ring (bicyclic) bond motifs is 5. The van der Waals surface area contributed by atoms with Crippen LogP contribution in [0.15, 0.2) is 212 Å². The largest absolute Gasteiger partial charge is 0.310 e. The van der Waals surface area contributed by atoms with E-state index in [-0.39, 0.29) is 0 Å². The lowest BCUT2D eigenvalue weighted by atomic mass is 9.93. The molecule has 0 atom stereocenters. The second-order valence-electron chi connectivity index (χ2n) is 13.8. The van der Waals surface area contributed by atoms with Crippen molar-refractivity contribution in [3.05, 3.63) is 212 Å². The van der Waals surface area contributed by atoms with Gasteiger partial charge in [0.1, 0.15) is 0 Å². The van der Waals surface area contributed by atoms with E-state index in [4.69, 9.17) is 0 Å². The molecule has 0 amide bonds. The normalized spacial score (nSPS) is 11.4. The first-order chi connectivity index (χ1) is 26.2. The fourth-order valence-corrected chi connectivity index (χ4v) is 7.91. The molecular formula is C52H35N. The zero-order valence-electron chi connectivity index (χ0n) is 29.2. The van der Waals surface area contributed by atoms with Crippen LogP contribution in [0.2, 0.25) is 0 Å². The average Bonchev–Trinajstić information content (AvgIpc) is 3.24. The van der Waals surface area contributed by atoms with Gasteiger partial charge in [-0.1, -0.05) is 158 Å². The number of anilines is 3. The van der Waals surface area contributed by atoms with Crippen LogP contribution in [0.4, 0.5) is 17.1 Å². The molecule has 0 N–H and O–H groups in total. The lowest BCUT2D eigenvalue weighted by Gasteiger charge is -2.27. The highest BCUT2D eigenvalue weighted by molar-refractivity contribution is 6.14. The van der Waals surface area contributed by atoms with Crippen molar-refractivity contribution in [2.75, 3.05) is 4.90 Å². The van der Waals surface area contributed by atoms with E-state index in [9.17, 15) is 0 Å².